The van der Waals surface area contributed by atoms with Crippen LogP contribution in [0, 0.1) is 17.2 Å². The number of fused-ring (bicyclic) bond motifs is 1. The zero-order valence-electron chi connectivity index (χ0n) is 16.9. The van der Waals surface area contributed by atoms with Crippen molar-refractivity contribution < 1.29 is 13.2 Å². The van der Waals surface area contributed by atoms with E-state index in [0.29, 0.717) is 18.0 Å². The van der Waals surface area contributed by atoms with E-state index in [0.717, 1.165) is 36.6 Å². The Morgan fingerprint density at radius 1 is 1.24 bits per heavy atom. The highest BCUT2D eigenvalue weighted by atomic mass is 32.2. The van der Waals surface area contributed by atoms with E-state index in [4.69, 9.17) is 5.26 Å². The lowest BCUT2D eigenvalue weighted by atomic mass is 9.86. The number of sulfonamides is 1. The van der Waals surface area contributed by atoms with Crippen molar-refractivity contribution >= 4 is 26.8 Å². The van der Waals surface area contributed by atoms with Crippen molar-refractivity contribution in [1.82, 2.24) is 14.6 Å². The van der Waals surface area contributed by atoms with Crippen molar-refractivity contribution in [3.8, 4) is 6.07 Å². The molecule has 0 saturated heterocycles. The van der Waals surface area contributed by atoms with Gasteiger partial charge in [-0.3, -0.25) is 4.79 Å². The maximum Gasteiger partial charge on any atom is 0.240 e. The second-order valence-corrected chi connectivity index (χ2v) is 10.4. The second-order valence-electron chi connectivity index (χ2n) is 8.06. The standard InChI is InChI=1S/C21H28N4O3S/c1-15(2)29(27,28)23-13-16-3-6-19(7-4-16)24-21(26)14-25-10-9-18-11-17(12-22)5-8-20(18)25/h5,8-11,15-16,19,23H,3-4,6-7,13-14H2,1-2H3,(H,24,26). The number of nitriles is 1. The minimum Gasteiger partial charge on any atom is -0.352 e. The Morgan fingerprint density at radius 3 is 2.62 bits per heavy atom. The third-order valence-electron chi connectivity index (χ3n) is 5.62. The Morgan fingerprint density at radius 2 is 1.97 bits per heavy atom. The van der Waals surface area contributed by atoms with E-state index in [1.54, 1.807) is 19.9 Å². The lowest BCUT2D eigenvalue weighted by Gasteiger charge is -2.29. The normalized spacial score (nSPS) is 19.9. The van der Waals surface area contributed by atoms with Gasteiger partial charge in [0.2, 0.25) is 15.9 Å². The van der Waals surface area contributed by atoms with Gasteiger partial charge in [-0.25, -0.2) is 13.1 Å². The van der Waals surface area contributed by atoms with Gasteiger partial charge in [-0.15, -0.1) is 0 Å². The lowest BCUT2D eigenvalue weighted by molar-refractivity contribution is -0.122. The summed E-state index contributed by atoms with van der Waals surface area (Å²) in [5, 5.41) is 12.6. The number of hydrogen-bond acceptors (Lipinski definition) is 4. The molecular weight excluding hydrogens is 388 g/mol. The number of nitrogens with zero attached hydrogens (tertiary/aromatic N) is 2. The molecule has 7 nitrogen and oxygen atoms in total. The molecule has 156 valence electrons. The smallest absolute Gasteiger partial charge is 0.240 e. The van der Waals surface area contributed by atoms with Gasteiger partial charge in [0.1, 0.15) is 6.54 Å². The molecule has 1 aliphatic carbocycles. The van der Waals surface area contributed by atoms with Crippen LogP contribution in [-0.2, 0) is 21.4 Å². The summed E-state index contributed by atoms with van der Waals surface area (Å²) in [5.41, 5.74) is 1.53. The quantitative estimate of drug-likeness (QED) is 0.724. The summed E-state index contributed by atoms with van der Waals surface area (Å²) in [6.45, 7) is 4.06. The van der Waals surface area contributed by atoms with Gasteiger partial charge in [0.15, 0.2) is 0 Å². The molecule has 0 bridgehead atoms. The summed E-state index contributed by atoms with van der Waals surface area (Å²) >= 11 is 0. The van der Waals surface area contributed by atoms with Gasteiger partial charge in [0.05, 0.1) is 16.9 Å². The van der Waals surface area contributed by atoms with Gasteiger partial charge in [0, 0.05) is 29.7 Å². The van der Waals surface area contributed by atoms with E-state index < -0.39 is 15.3 Å². The zero-order chi connectivity index (χ0) is 21.0. The number of benzene rings is 1. The van der Waals surface area contributed by atoms with E-state index in [1.807, 2.05) is 29.0 Å². The Kier molecular flexibility index (Phi) is 6.60. The number of aromatic nitrogens is 1. The van der Waals surface area contributed by atoms with E-state index in [1.165, 1.54) is 0 Å². The molecule has 2 N–H and O–H groups in total. The van der Waals surface area contributed by atoms with Crippen LogP contribution in [0.1, 0.15) is 45.1 Å². The van der Waals surface area contributed by atoms with Crippen LogP contribution in [0.5, 0.6) is 0 Å². The van der Waals surface area contributed by atoms with Crippen LogP contribution in [-0.4, -0.2) is 36.7 Å². The summed E-state index contributed by atoms with van der Waals surface area (Å²) in [6, 6.07) is 9.60. The van der Waals surface area contributed by atoms with E-state index in [9.17, 15) is 13.2 Å². The van der Waals surface area contributed by atoms with Crippen LogP contribution in [0.4, 0.5) is 0 Å². The molecule has 29 heavy (non-hydrogen) atoms. The van der Waals surface area contributed by atoms with Crippen LogP contribution in [0.2, 0.25) is 0 Å². The first-order valence-electron chi connectivity index (χ1n) is 10.1. The lowest BCUT2D eigenvalue weighted by Crippen LogP contribution is -2.41. The minimum absolute atomic E-state index is 0.0316. The summed E-state index contributed by atoms with van der Waals surface area (Å²) < 4.78 is 28.3. The van der Waals surface area contributed by atoms with Gasteiger partial charge < -0.3 is 9.88 Å². The molecule has 0 spiro atoms. The molecule has 0 aliphatic heterocycles. The molecule has 0 atom stereocenters. The fraction of sp³-hybridized carbons (Fsp3) is 0.524. The first-order valence-corrected chi connectivity index (χ1v) is 11.6. The molecule has 1 aromatic carbocycles. The Hall–Kier alpha value is -2.37. The first-order chi connectivity index (χ1) is 13.8. The Bertz CT molecular complexity index is 1010. The number of carbonyl (C=O) groups is 1. The molecule has 3 rings (SSSR count). The summed E-state index contributed by atoms with van der Waals surface area (Å²) in [7, 11) is -3.22. The first kappa shape index (κ1) is 21.3. The number of rotatable bonds is 7. The van der Waals surface area contributed by atoms with E-state index in [2.05, 4.69) is 16.1 Å². The third kappa shape index (κ3) is 5.37. The van der Waals surface area contributed by atoms with Crippen molar-refractivity contribution in [2.75, 3.05) is 6.54 Å². The average Bonchev–Trinajstić information content (AvgIpc) is 3.09. The molecule has 1 aromatic heterocycles. The van der Waals surface area contributed by atoms with Crippen molar-refractivity contribution in [2.45, 2.75) is 57.4 Å². The van der Waals surface area contributed by atoms with Gasteiger partial charge in [0.25, 0.3) is 0 Å². The Balaban J connectivity index is 1.47. The van der Waals surface area contributed by atoms with Crippen molar-refractivity contribution in [3.05, 3.63) is 36.0 Å². The fourth-order valence-corrected chi connectivity index (χ4v) is 4.55. The molecule has 0 radical (unpaired) electrons. The van der Waals surface area contributed by atoms with E-state index in [-0.39, 0.29) is 18.5 Å². The maximum absolute atomic E-state index is 12.5. The molecule has 1 amide bonds. The monoisotopic (exact) mass is 416 g/mol. The average molecular weight is 417 g/mol. The topological polar surface area (TPSA) is 104 Å². The molecule has 1 heterocycles. The van der Waals surface area contributed by atoms with Gasteiger partial charge in [-0.2, -0.15) is 5.26 Å². The minimum atomic E-state index is -3.22. The fourth-order valence-electron chi connectivity index (χ4n) is 3.75. The molecule has 8 heteroatoms. The number of nitrogens with one attached hydrogen (secondary N) is 2. The highest BCUT2D eigenvalue weighted by molar-refractivity contribution is 7.90. The molecular formula is C21H28N4O3S. The molecule has 1 fully saturated rings. The van der Waals surface area contributed by atoms with Crippen molar-refractivity contribution in [2.24, 2.45) is 5.92 Å². The summed E-state index contributed by atoms with van der Waals surface area (Å²) in [5.74, 6) is 0.287. The van der Waals surface area contributed by atoms with Gasteiger partial charge in [-0.1, -0.05) is 0 Å². The Labute approximate surface area is 172 Å². The summed E-state index contributed by atoms with van der Waals surface area (Å²) in [4.78, 5) is 12.5. The highest BCUT2D eigenvalue weighted by Gasteiger charge is 2.24. The van der Waals surface area contributed by atoms with Gasteiger partial charge >= 0.3 is 0 Å². The maximum atomic E-state index is 12.5. The number of carbonyl (C=O) groups excluding carboxylic acids is 1. The van der Waals surface area contributed by atoms with Crippen molar-refractivity contribution in [3.63, 3.8) is 0 Å². The van der Waals surface area contributed by atoms with Crippen LogP contribution < -0.4 is 10.0 Å². The molecule has 0 unspecified atom stereocenters. The highest BCUT2D eigenvalue weighted by Crippen LogP contribution is 2.24. The number of amides is 1. The second kappa shape index (κ2) is 8.97. The molecule has 2 aromatic rings. The van der Waals surface area contributed by atoms with Gasteiger partial charge in [-0.05, 0) is 69.7 Å². The predicted molar refractivity (Wildman–Crippen MR) is 113 cm³/mol. The van der Waals surface area contributed by atoms with Crippen LogP contribution in [0.25, 0.3) is 10.9 Å². The third-order valence-corrected chi connectivity index (χ3v) is 7.43. The molecule has 1 saturated carbocycles. The van der Waals surface area contributed by atoms with E-state index >= 15 is 0 Å². The summed E-state index contributed by atoms with van der Waals surface area (Å²) in [6.07, 6.45) is 5.38. The zero-order valence-corrected chi connectivity index (χ0v) is 17.7. The molecule has 1 aliphatic rings. The predicted octanol–water partition coefficient (Wildman–Crippen LogP) is 2.52. The van der Waals surface area contributed by atoms with Crippen LogP contribution >= 0.6 is 0 Å². The van der Waals surface area contributed by atoms with Crippen LogP contribution in [0.15, 0.2) is 30.5 Å². The SMILES string of the molecule is CC(C)S(=O)(=O)NCC1CCC(NC(=O)Cn2ccc3cc(C#N)ccc32)CC1. The number of hydrogen-bond donors (Lipinski definition) is 2. The largest absolute Gasteiger partial charge is 0.352 e. The van der Waals surface area contributed by atoms with Crippen molar-refractivity contribution in [1.29, 1.82) is 5.26 Å². The van der Waals surface area contributed by atoms with Crippen LogP contribution in [0.3, 0.4) is 0 Å².